The fourth-order valence-corrected chi connectivity index (χ4v) is 2.14. The molecule has 4 heteroatoms. The molecule has 1 unspecified atom stereocenters. The number of hydrogen-bond acceptors (Lipinski definition) is 4. The van der Waals surface area contributed by atoms with Gasteiger partial charge in [0.1, 0.15) is 5.82 Å². The van der Waals surface area contributed by atoms with E-state index in [0.717, 1.165) is 43.3 Å². The zero-order chi connectivity index (χ0) is 12.3. The first kappa shape index (κ1) is 12.5. The SMILES string of the molecule is Cc1cc(C2CCOCC2)nc(C(C)CN)n1. The van der Waals surface area contributed by atoms with E-state index in [1.807, 2.05) is 6.92 Å². The fourth-order valence-electron chi connectivity index (χ4n) is 2.14. The van der Waals surface area contributed by atoms with Gasteiger partial charge in [0.05, 0.1) is 0 Å². The van der Waals surface area contributed by atoms with Crippen LogP contribution in [0, 0.1) is 6.92 Å². The van der Waals surface area contributed by atoms with Gasteiger partial charge in [-0.15, -0.1) is 0 Å². The topological polar surface area (TPSA) is 61.0 Å². The van der Waals surface area contributed by atoms with Crippen LogP contribution in [0.3, 0.4) is 0 Å². The van der Waals surface area contributed by atoms with E-state index in [1.165, 1.54) is 0 Å². The Balaban J connectivity index is 2.24. The molecule has 4 nitrogen and oxygen atoms in total. The number of aryl methyl sites for hydroxylation is 1. The normalized spacial score (nSPS) is 19.2. The highest BCUT2D eigenvalue weighted by Gasteiger charge is 2.19. The van der Waals surface area contributed by atoms with Crippen LogP contribution in [-0.4, -0.2) is 29.7 Å². The number of aromatic nitrogens is 2. The molecule has 1 aromatic heterocycles. The number of nitrogens with two attached hydrogens (primary N) is 1. The summed E-state index contributed by atoms with van der Waals surface area (Å²) in [5, 5.41) is 0. The molecule has 1 fully saturated rings. The Bertz CT molecular complexity index is 375. The molecule has 94 valence electrons. The third-order valence-electron chi connectivity index (χ3n) is 3.33. The first-order chi connectivity index (χ1) is 8.20. The van der Waals surface area contributed by atoms with Gasteiger partial charge in [-0.25, -0.2) is 9.97 Å². The van der Waals surface area contributed by atoms with E-state index in [2.05, 4.69) is 23.0 Å². The Kier molecular flexibility index (Phi) is 4.07. The molecule has 0 saturated carbocycles. The molecule has 0 radical (unpaired) electrons. The largest absolute Gasteiger partial charge is 0.381 e. The maximum absolute atomic E-state index is 5.68. The van der Waals surface area contributed by atoms with Crippen molar-refractivity contribution in [3.8, 4) is 0 Å². The summed E-state index contributed by atoms with van der Waals surface area (Å²) < 4.78 is 5.39. The minimum absolute atomic E-state index is 0.230. The van der Waals surface area contributed by atoms with Gasteiger partial charge in [-0.05, 0) is 25.8 Å². The molecule has 2 heterocycles. The van der Waals surface area contributed by atoms with Gasteiger partial charge in [0.2, 0.25) is 0 Å². The predicted molar refractivity (Wildman–Crippen MR) is 67.0 cm³/mol. The molecule has 1 aromatic rings. The highest BCUT2D eigenvalue weighted by molar-refractivity contribution is 5.16. The Hall–Kier alpha value is -1.00. The fraction of sp³-hybridized carbons (Fsp3) is 0.692. The molecule has 2 N–H and O–H groups in total. The monoisotopic (exact) mass is 235 g/mol. The van der Waals surface area contributed by atoms with E-state index in [9.17, 15) is 0 Å². The van der Waals surface area contributed by atoms with E-state index in [1.54, 1.807) is 0 Å². The number of hydrogen-bond donors (Lipinski definition) is 1. The maximum atomic E-state index is 5.68. The molecule has 2 rings (SSSR count). The van der Waals surface area contributed by atoms with Crippen LogP contribution in [0.1, 0.15) is 48.8 Å². The average Bonchev–Trinajstić information content (AvgIpc) is 2.38. The Labute approximate surface area is 103 Å². The average molecular weight is 235 g/mol. The molecule has 0 spiro atoms. The van der Waals surface area contributed by atoms with Gasteiger partial charge in [0.15, 0.2) is 0 Å². The quantitative estimate of drug-likeness (QED) is 0.867. The summed E-state index contributed by atoms with van der Waals surface area (Å²) in [5.41, 5.74) is 7.88. The summed E-state index contributed by atoms with van der Waals surface area (Å²) in [5.74, 6) is 1.64. The van der Waals surface area contributed by atoms with Crippen molar-refractivity contribution in [1.82, 2.24) is 9.97 Å². The molecule has 1 aliphatic rings. The van der Waals surface area contributed by atoms with Gasteiger partial charge in [-0.2, -0.15) is 0 Å². The highest BCUT2D eigenvalue weighted by Crippen LogP contribution is 2.26. The van der Waals surface area contributed by atoms with Gasteiger partial charge in [0.25, 0.3) is 0 Å². The number of ether oxygens (including phenoxy) is 1. The van der Waals surface area contributed by atoms with Crippen LogP contribution in [0.2, 0.25) is 0 Å². The van der Waals surface area contributed by atoms with Gasteiger partial charge in [-0.3, -0.25) is 0 Å². The summed E-state index contributed by atoms with van der Waals surface area (Å²) in [6, 6.07) is 2.10. The molecule has 0 bridgehead atoms. The lowest BCUT2D eigenvalue weighted by molar-refractivity contribution is 0.0844. The van der Waals surface area contributed by atoms with Crippen molar-refractivity contribution < 1.29 is 4.74 Å². The molecule has 0 aromatic carbocycles. The Morgan fingerprint density at radius 1 is 1.41 bits per heavy atom. The van der Waals surface area contributed by atoms with Crippen molar-refractivity contribution in [1.29, 1.82) is 0 Å². The first-order valence-electron chi connectivity index (χ1n) is 6.34. The third kappa shape index (κ3) is 3.01. The van der Waals surface area contributed by atoms with Crippen molar-refractivity contribution in [3.05, 3.63) is 23.3 Å². The molecule has 0 amide bonds. The zero-order valence-electron chi connectivity index (χ0n) is 10.6. The highest BCUT2D eigenvalue weighted by atomic mass is 16.5. The number of nitrogens with zero attached hydrogens (tertiary/aromatic N) is 2. The molecule has 1 atom stereocenters. The van der Waals surface area contributed by atoms with Crippen LogP contribution >= 0.6 is 0 Å². The van der Waals surface area contributed by atoms with E-state index in [-0.39, 0.29) is 5.92 Å². The molecule has 1 aliphatic heterocycles. The van der Waals surface area contributed by atoms with Gasteiger partial charge >= 0.3 is 0 Å². The summed E-state index contributed by atoms with van der Waals surface area (Å²) in [6.45, 7) is 6.38. The summed E-state index contributed by atoms with van der Waals surface area (Å²) in [4.78, 5) is 9.16. The van der Waals surface area contributed by atoms with Gasteiger partial charge in [-0.1, -0.05) is 6.92 Å². The lowest BCUT2D eigenvalue weighted by Gasteiger charge is -2.22. The molecule has 0 aliphatic carbocycles. The smallest absolute Gasteiger partial charge is 0.132 e. The number of rotatable bonds is 3. The van der Waals surface area contributed by atoms with E-state index in [4.69, 9.17) is 10.5 Å². The van der Waals surface area contributed by atoms with Crippen LogP contribution in [0.4, 0.5) is 0 Å². The van der Waals surface area contributed by atoms with Crippen molar-refractivity contribution in [2.75, 3.05) is 19.8 Å². The van der Waals surface area contributed by atoms with E-state index in [0.29, 0.717) is 12.5 Å². The Morgan fingerprint density at radius 2 is 2.12 bits per heavy atom. The Morgan fingerprint density at radius 3 is 2.76 bits per heavy atom. The second kappa shape index (κ2) is 5.56. The first-order valence-corrected chi connectivity index (χ1v) is 6.34. The third-order valence-corrected chi connectivity index (χ3v) is 3.33. The summed E-state index contributed by atoms with van der Waals surface area (Å²) in [6.07, 6.45) is 2.12. The van der Waals surface area contributed by atoms with Crippen molar-refractivity contribution in [3.63, 3.8) is 0 Å². The summed E-state index contributed by atoms with van der Waals surface area (Å²) in [7, 11) is 0. The van der Waals surface area contributed by atoms with Crippen LogP contribution < -0.4 is 5.73 Å². The van der Waals surface area contributed by atoms with E-state index < -0.39 is 0 Å². The maximum Gasteiger partial charge on any atom is 0.132 e. The van der Waals surface area contributed by atoms with Crippen LogP contribution in [-0.2, 0) is 4.74 Å². The molecule has 1 saturated heterocycles. The molecule has 17 heavy (non-hydrogen) atoms. The standard InChI is InChI=1S/C13H21N3O/c1-9(8-14)13-15-10(2)7-12(16-13)11-3-5-17-6-4-11/h7,9,11H,3-6,8,14H2,1-2H3. The van der Waals surface area contributed by atoms with Crippen molar-refractivity contribution in [2.45, 2.75) is 38.5 Å². The van der Waals surface area contributed by atoms with E-state index >= 15 is 0 Å². The van der Waals surface area contributed by atoms with Crippen LogP contribution in [0.15, 0.2) is 6.07 Å². The zero-order valence-corrected chi connectivity index (χ0v) is 10.6. The van der Waals surface area contributed by atoms with Gasteiger partial charge in [0, 0.05) is 43.0 Å². The summed E-state index contributed by atoms with van der Waals surface area (Å²) >= 11 is 0. The molecular weight excluding hydrogens is 214 g/mol. The minimum Gasteiger partial charge on any atom is -0.381 e. The van der Waals surface area contributed by atoms with Gasteiger partial charge < -0.3 is 10.5 Å². The van der Waals surface area contributed by atoms with Crippen molar-refractivity contribution in [2.24, 2.45) is 5.73 Å². The molecular formula is C13H21N3O. The minimum atomic E-state index is 0.230. The lowest BCUT2D eigenvalue weighted by Crippen LogP contribution is -2.18. The lowest BCUT2D eigenvalue weighted by atomic mass is 9.95. The second-order valence-corrected chi connectivity index (χ2v) is 4.82. The van der Waals surface area contributed by atoms with Crippen LogP contribution in [0.5, 0.6) is 0 Å². The van der Waals surface area contributed by atoms with Crippen molar-refractivity contribution >= 4 is 0 Å². The van der Waals surface area contributed by atoms with Crippen LogP contribution in [0.25, 0.3) is 0 Å². The second-order valence-electron chi connectivity index (χ2n) is 4.82. The predicted octanol–water partition coefficient (Wildman–Crippen LogP) is 1.74.